The Hall–Kier alpha value is -1.86. The van der Waals surface area contributed by atoms with Gasteiger partial charge >= 0.3 is 0 Å². The number of hydrogen-bond acceptors (Lipinski definition) is 5. The smallest absolute Gasteiger partial charge is 0.268 e. The van der Waals surface area contributed by atoms with Crippen LogP contribution in [0.1, 0.15) is 9.67 Å². The number of thiazole rings is 1. The molecule has 1 N–H and O–H groups in total. The van der Waals surface area contributed by atoms with Crippen molar-refractivity contribution in [2.75, 3.05) is 18.9 Å². The van der Waals surface area contributed by atoms with E-state index in [1.807, 2.05) is 30.3 Å². The SMILES string of the molecule is CN1CC(=O)Nc2nc(Sc3ccccc3)sc2C1=O. The molecular weight excluding hydrogens is 294 g/mol. The first-order valence-electron chi connectivity index (χ1n) is 5.92. The van der Waals surface area contributed by atoms with Crippen LogP contribution in [0.15, 0.2) is 39.6 Å². The molecule has 1 aromatic heterocycles. The Balaban J connectivity index is 1.92. The molecule has 0 atom stereocenters. The van der Waals surface area contributed by atoms with Gasteiger partial charge in [-0.1, -0.05) is 41.3 Å². The minimum absolute atomic E-state index is 0.0586. The third-order valence-electron chi connectivity index (χ3n) is 2.74. The van der Waals surface area contributed by atoms with Gasteiger partial charge in [0.2, 0.25) is 5.91 Å². The Morgan fingerprint density at radius 1 is 1.30 bits per heavy atom. The fourth-order valence-corrected chi connectivity index (χ4v) is 3.88. The van der Waals surface area contributed by atoms with Gasteiger partial charge < -0.3 is 10.2 Å². The van der Waals surface area contributed by atoms with E-state index in [4.69, 9.17) is 0 Å². The van der Waals surface area contributed by atoms with Crippen molar-refractivity contribution in [3.8, 4) is 0 Å². The number of nitrogens with zero attached hydrogens (tertiary/aromatic N) is 2. The van der Waals surface area contributed by atoms with E-state index in [9.17, 15) is 9.59 Å². The predicted octanol–water partition coefficient (Wildman–Crippen LogP) is 2.32. The Morgan fingerprint density at radius 2 is 2.05 bits per heavy atom. The molecule has 102 valence electrons. The second-order valence-corrected chi connectivity index (χ2v) is 6.60. The first-order chi connectivity index (χ1) is 9.63. The minimum atomic E-state index is -0.221. The fraction of sp³-hybridized carbons (Fsp3) is 0.154. The minimum Gasteiger partial charge on any atom is -0.332 e. The van der Waals surface area contributed by atoms with E-state index in [-0.39, 0.29) is 18.4 Å². The molecule has 2 aromatic rings. The Bertz CT molecular complexity index is 670. The zero-order valence-electron chi connectivity index (χ0n) is 10.6. The second kappa shape index (κ2) is 5.26. The highest BCUT2D eigenvalue weighted by Crippen LogP contribution is 2.36. The van der Waals surface area contributed by atoms with Gasteiger partial charge in [-0.2, -0.15) is 0 Å². The van der Waals surface area contributed by atoms with E-state index in [0.717, 1.165) is 9.24 Å². The summed E-state index contributed by atoms with van der Waals surface area (Å²) in [6, 6.07) is 9.79. The Labute approximate surface area is 124 Å². The van der Waals surface area contributed by atoms with Gasteiger partial charge in [-0.05, 0) is 12.1 Å². The summed E-state index contributed by atoms with van der Waals surface area (Å²) < 4.78 is 0.741. The molecule has 0 radical (unpaired) electrons. The molecular formula is C13H11N3O2S2. The molecule has 2 heterocycles. The highest BCUT2D eigenvalue weighted by molar-refractivity contribution is 8.01. The van der Waals surface area contributed by atoms with Gasteiger partial charge in [0.15, 0.2) is 10.2 Å². The lowest BCUT2D eigenvalue weighted by Crippen LogP contribution is -2.31. The lowest BCUT2D eigenvalue weighted by atomic mass is 10.4. The number of carbonyl (C=O) groups is 2. The van der Waals surface area contributed by atoms with Crippen molar-refractivity contribution < 1.29 is 9.59 Å². The first-order valence-corrected chi connectivity index (χ1v) is 7.56. The summed E-state index contributed by atoms with van der Waals surface area (Å²) in [6.07, 6.45) is 0. The number of hydrogen-bond donors (Lipinski definition) is 1. The van der Waals surface area contributed by atoms with Crippen LogP contribution in [0.4, 0.5) is 5.82 Å². The highest BCUT2D eigenvalue weighted by Gasteiger charge is 2.27. The van der Waals surface area contributed by atoms with Crippen LogP contribution in [0.5, 0.6) is 0 Å². The van der Waals surface area contributed by atoms with Crippen molar-refractivity contribution >= 4 is 40.7 Å². The molecule has 2 amide bonds. The summed E-state index contributed by atoms with van der Waals surface area (Å²) in [7, 11) is 1.61. The fourth-order valence-electron chi connectivity index (χ4n) is 1.80. The van der Waals surface area contributed by atoms with Crippen LogP contribution < -0.4 is 5.32 Å². The number of carbonyl (C=O) groups excluding carboxylic acids is 2. The van der Waals surface area contributed by atoms with Crippen molar-refractivity contribution in [3.05, 3.63) is 35.2 Å². The quantitative estimate of drug-likeness (QED) is 0.925. The number of aromatic nitrogens is 1. The average molecular weight is 305 g/mol. The van der Waals surface area contributed by atoms with E-state index >= 15 is 0 Å². The van der Waals surface area contributed by atoms with Gasteiger partial charge in [0.25, 0.3) is 5.91 Å². The van der Waals surface area contributed by atoms with Gasteiger partial charge in [0, 0.05) is 11.9 Å². The van der Waals surface area contributed by atoms with Crippen molar-refractivity contribution in [2.24, 2.45) is 0 Å². The van der Waals surface area contributed by atoms with Crippen molar-refractivity contribution in [1.29, 1.82) is 0 Å². The van der Waals surface area contributed by atoms with Crippen LogP contribution in [0.2, 0.25) is 0 Å². The molecule has 3 rings (SSSR count). The molecule has 1 aliphatic heterocycles. The number of likely N-dealkylation sites (N-methyl/N-ethyl adjacent to an activating group) is 1. The molecule has 1 aliphatic rings. The van der Waals surface area contributed by atoms with Crippen LogP contribution >= 0.6 is 23.1 Å². The Morgan fingerprint density at radius 3 is 2.80 bits per heavy atom. The zero-order valence-corrected chi connectivity index (χ0v) is 12.3. The van der Waals surface area contributed by atoms with E-state index < -0.39 is 0 Å². The normalized spacial score (nSPS) is 14.8. The zero-order chi connectivity index (χ0) is 14.1. The molecule has 0 aliphatic carbocycles. The second-order valence-electron chi connectivity index (χ2n) is 4.28. The van der Waals surface area contributed by atoms with E-state index in [1.54, 1.807) is 7.05 Å². The summed E-state index contributed by atoms with van der Waals surface area (Å²) >= 11 is 2.78. The maximum Gasteiger partial charge on any atom is 0.268 e. The molecule has 0 unspecified atom stereocenters. The predicted molar refractivity (Wildman–Crippen MR) is 78.3 cm³/mol. The number of anilines is 1. The van der Waals surface area contributed by atoms with Crippen molar-refractivity contribution in [1.82, 2.24) is 9.88 Å². The van der Waals surface area contributed by atoms with Crippen LogP contribution in [0.3, 0.4) is 0 Å². The molecule has 0 bridgehead atoms. The molecule has 5 nitrogen and oxygen atoms in total. The third kappa shape index (κ3) is 2.54. The van der Waals surface area contributed by atoms with E-state index in [0.29, 0.717) is 10.7 Å². The Kier molecular flexibility index (Phi) is 3.45. The average Bonchev–Trinajstić information content (AvgIpc) is 2.77. The number of rotatable bonds is 2. The highest BCUT2D eigenvalue weighted by atomic mass is 32.2. The number of fused-ring (bicyclic) bond motifs is 1. The third-order valence-corrected chi connectivity index (χ3v) is 4.85. The van der Waals surface area contributed by atoms with Gasteiger partial charge in [0.1, 0.15) is 4.88 Å². The lowest BCUT2D eigenvalue weighted by molar-refractivity contribution is -0.116. The number of nitrogens with one attached hydrogen (secondary N) is 1. The van der Waals surface area contributed by atoms with Gasteiger partial charge in [0.05, 0.1) is 6.54 Å². The van der Waals surface area contributed by atoms with E-state index in [2.05, 4.69) is 10.3 Å². The summed E-state index contributed by atoms with van der Waals surface area (Å²) in [5.74, 6) is -0.0234. The van der Waals surface area contributed by atoms with Crippen molar-refractivity contribution in [2.45, 2.75) is 9.24 Å². The number of benzene rings is 1. The molecule has 0 saturated carbocycles. The molecule has 7 heteroatoms. The molecule has 20 heavy (non-hydrogen) atoms. The topological polar surface area (TPSA) is 62.3 Å². The van der Waals surface area contributed by atoms with Crippen LogP contribution in [-0.2, 0) is 4.79 Å². The molecule has 1 aromatic carbocycles. The summed E-state index contributed by atoms with van der Waals surface area (Å²) in [5, 5.41) is 2.67. The van der Waals surface area contributed by atoms with Gasteiger partial charge in [-0.15, -0.1) is 0 Å². The molecule has 0 fully saturated rings. The first kappa shape index (κ1) is 13.1. The summed E-state index contributed by atoms with van der Waals surface area (Å²) in [6.45, 7) is 0.0586. The van der Waals surface area contributed by atoms with Gasteiger partial charge in [-0.3, -0.25) is 9.59 Å². The number of amides is 2. The standard InChI is InChI=1S/C13H11N3O2S2/c1-16-7-9(17)14-11-10(12(16)18)20-13(15-11)19-8-5-3-2-4-6-8/h2-6H,7H2,1H3,(H,14,17). The maximum absolute atomic E-state index is 12.1. The lowest BCUT2D eigenvalue weighted by Gasteiger charge is -2.10. The van der Waals surface area contributed by atoms with E-state index in [1.165, 1.54) is 28.0 Å². The maximum atomic E-state index is 12.1. The molecule has 0 saturated heterocycles. The van der Waals surface area contributed by atoms with Crippen molar-refractivity contribution in [3.63, 3.8) is 0 Å². The summed E-state index contributed by atoms with van der Waals surface area (Å²) in [5.41, 5.74) is 0. The van der Waals surface area contributed by atoms with Crippen LogP contribution in [0, 0.1) is 0 Å². The van der Waals surface area contributed by atoms with Crippen LogP contribution in [0.25, 0.3) is 0 Å². The summed E-state index contributed by atoms with van der Waals surface area (Å²) in [4.78, 5) is 31.0. The monoisotopic (exact) mass is 305 g/mol. The molecule has 0 spiro atoms. The van der Waals surface area contributed by atoms with Crippen LogP contribution in [-0.4, -0.2) is 35.3 Å². The van der Waals surface area contributed by atoms with Gasteiger partial charge in [-0.25, -0.2) is 4.98 Å². The largest absolute Gasteiger partial charge is 0.332 e.